The number of phenolic OH excluding ortho intramolecular Hbond substituents is 1. The molecule has 2 aromatic carbocycles. The number of ether oxygens (including phenoxy) is 2. The highest BCUT2D eigenvalue weighted by molar-refractivity contribution is 5.98. The molecule has 0 aliphatic heterocycles. The maximum Gasteiger partial charge on any atom is 0.422 e. The maximum atomic E-state index is 12.6. The molecule has 0 radical (unpaired) electrons. The Kier molecular flexibility index (Phi) is 6.45. The van der Waals surface area contributed by atoms with E-state index >= 15 is 0 Å². The number of halogens is 6. The third-order valence-electron chi connectivity index (χ3n) is 3.61. The first-order valence-electron chi connectivity index (χ1n) is 7.91. The number of esters is 1. The Labute approximate surface area is 161 Å². The zero-order valence-electron chi connectivity index (χ0n) is 14.8. The fraction of sp³-hybridized carbons (Fsp3) is 0.211. The van der Waals surface area contributed by atoms with Gasteiger partial charge in [0.05, 0.1) is 12.7 Å². The molecule has 0 unspecified atom stereocenters. The first kappa shape index (κ1) is 22.1. The normalized spacial score (nSPS) is 12.2. The fourth-order valence-corrected chi connectivity index (χ4v) is 2.30. The summed E-state index contributed by atoms with van der Waals surface area (Å²) >= 11 is 0. The predicted octanol–water partition coefficient (Wildman–Crippen LogP) is 5.31. The average Bonchev–Trinajstić information content (AvgIpc) is 2.63. The standard InChI is InChI=1S/C19H14F6O4/c1-28-17(27)16-12(8-14(9-15(16)26)29-10-18(20,21)22)5-2-11-3-6-13(7-4-11)19(23,24)25/h2-9,26H,10H2,1H3/b5-2+. The van der Waals surface area contributed by atoms with E-state index in [1.165, 1.54) is 24.3 Å². The van der Waals surface area contributed by atoms with Gasteiger partial charge in [-0.25, -0.2) is 4.79 Å². The van der Waals surface area contributed by atoms with Crippen molar-refractivity contribution in [2.24, 2.45) is 0 Å². The predicted molar refractivity (Wildman–Crippen MR) is 91.4 cm³/mol. The van der Waals surface area contributed by atoms with Crippen LogP contribution in [0.25, 0.3) is 12.2 Å². The number of hydrogen-bond acceptors (Lipinski definition) is 4. The molecule has 0 aliphatic rings. The molecule has 0 bridgehead atoms. The van der Waals surface area contributed by atoms with Crippen LogP contribution in [0.5, 0.6) is 11.5 Å². The summed E-state index contributed by atoms with van der Waals surface area (Å²) in [5.74, 6) is -2.00. The number of rotatable bonds is 5. The van der Waals surface area contributed by atoms with E-state index in [1.807, 2.05) is 0 Å². The molecule has 0 saturated heterocycles. The van der Waals surface area contributed by atoms with Crippen LogP contribution in [0, 0.1) is 0 Å². The van der Waals surface area contributed by atoms with Crippen LogP contribution in [-0.4, -0.2) is 31.0 Å². The minimum absolute atomic E-state index is 0.0473. The molecule has 0 atom stereocenters. The van der Waals surface area contributed by atoms with E-state index in [2.05, 4.69) is 9.47 Å². The van der Waals surface area contributed by atoms with Crippen LogP contribution in [0.3, 0.4) is 0 Å². The summed E-state index contributed by atoms with van der Waals surface area (Å²) < 4.78 is 83.9. The van der Waals surface area contributed by atoms with Crippen LogP contribution in [0.4, 0.5) is 26.3 Å². The molecule has 0 saturated carbocycles. The van der Waals surface area contributed by atoms with Gasteiger partial charge in [0, 0.05) is 6.07 Å². The number of benzene rings is 2. The molecule has 156 valence electrons. The Bertz CT molecular complexity index is 899. The van der Waals surface area contributed by atoms with E-state index < -0.39 is 36.2 Å². The average molecular weight is 420 g/mol. The van der Waals surface area contributed by atoms with E-state index in [0.29, 0.717) is 5.56 Å². The fourth-order valence-electron chi connectivity index (χ4n) is 2.30. The molecule has 0 amide bonds. The van der Waals surface area contributed by atoms with E-state index in [9.17, 15) is 36.2 Å². The lowest BCUT2D eigenvalue weighted by Crippen LogP contribution is -2.19. The maximum absolute atomic E-state index is 12.6. The van der Waals surface area contributed by atoms with E-state index in [1.54, 1.807) is 0 Å². The highest BCUT2D eigenvalue weighted by Gasteiger charge is 2.30. The van der Waals surface area contributed by atoms with Crippen LogP contribution in [0.2, 0.25) is 0 Å². The summed E-state index contributed by atoms with van der Waals surface area (Å²) in [4.78, 5) is 11.9. The summed E-state index contributed by atoms with van der Waals surface area (Å²) in [7, 11) is 1.04. The van der Waals surface area contributed by atoms with Gasteiger partial charge in [-0.1, -0.05) is 24.3 Å². The number of alkyl halides is 6. The molecule has 10 heteroatoms. The van der Waals surface area contributed by atoms with Gasteiger partial charge in [-0.3, -0.25) is 0 Å². The van der Waals surface area contributed by atoms with Crippen LogP contribution in [0.1, 0.15) is 27.0 Å². The zero-order chi connectivity index (χ0) is 21.8. The lowest BCUT2D eigenvalue weighted by atomic mass is 10.0. The van der Waals surface area contributed by atoms with Gasteiger partial charge in [-0.05, 0) is 29.3 Å². The second-order valence-corrected chi connectivity index (χ2v) is 5.76. The summed E-state index contributed by atoms with van der Waals surface area (Å²) in [6.45, 7) is -1.62. The second-order valence-electron chi connectivity index (χ2n) is 5.76. The third-order valence-corrected chi connectivity index (χ3v) is 3.61. The van der Waals surface area contributed by atoms with Gasteiger partial charge in [0.1, 0.15) is 17.1 Å². The number of hydrogen-bond donors (Lipinski definition) is 1. The third kappa shape index (κ3) is 6.16. The van der Waals surface area contributed by atoms with Gasteiger partial charge < -0.3 is 14.6 Å². The molecule has 0 aromatic heterocycles. The van der Waals surface area contributed by atoms with Crippen molar-refractivity contribution in [1.29, 1.82) is 0 Å². The number of carbonyl (C=O) groups excluding carboxylic acids is 1. The van der Waals surface area contributed by atoms with Gasteiger partial charge in [0.15, 0.2) is 6.61 Å². The first-order valence-corrected chi connectivity index (χ1v) is 7.91. The molecule has 0 fully saturated rings. The number of aromatic hydroxyl groups is 1. The lowest BCUT2D eigenvalue weighted by molar-refractivity contribution is -0.153. The lowest BCUT2D eigenvalue weighted by Gasteiger charge is -2.13. The Morgan fingerprint density at radius 1 is 1.03 bits per heavy atom. The summed E-state index contributed by atoms with van der Waals surface area (Å²) in [5.41, 5.74) is -0.927. The monoisotopic (exact) mass is 420 g/mol. The molecular weight excluding hydrogens is 406 g/mol. The first-order chi connectivity index (χ1) is 13.4. The van der Waals surface area contributed by atoms with Gasteiger partial charge in [0.25, 0.3) is 0 Å². The van der Waals surface area contributed by atoms with Crippen LogP contribution < -0.4 is 4.74 Å². The van der Waals surface area contributed by atoms with Crippen molar-refractivity contribution < 1.29 is 45.7 Å². The van der Waals surface area contributed by atoms with E-state index in [-0.39, 0.29) is 16.9 Å². The van der Waals surface area contributed by atoms with Crippen LogP contribution in [-0.2, 0) is 10.9 Å². The summed E-state index contributed by atoms with van der Waals surface area (Å²) in [5, 5.41) is 10.0. The molecular formula is C19H14F6O4. The zero-order valence-corrected chi connectivity index (χ0v) is 14.8. The number of methoxy groups -OCH3 is 1. The molecule has 0 heterocycles. The molecule has 2 aromatic rings. The number of carbonyl (C=O) groups is 1. The van der Waals surface area contributed by atoms with Crippen molar-refractivity contribution in [3.8, 4) is 11.5 Å². The summed E-state index contributed by atoms with van der Waals surface area (Å²) in [6.07, 6.45) is -6.58. The van der Waals surface area contributed by atoms with Crippen LogP contribution in [0.15, 0.2) is 36.4 Å². The largest absolute Gasteiger partial charge is 0.507 e. The highest BCUT2D eigenvalue weighted by atomic mass is 19.4. The second kappa shape index (κ2) is 8.46. The molecule has 0 aliphatic carbocycles. The minimum Gasteiger partial charge on any atom is -0.507 e. The quantitative estimate of drug-likeness (QED) is 0.405. The summed E-state index contributed by atoms with van der Waals surface area (Å²) in [6, 6.07) is 5.93. The van der Waals surface area contributed by atoms with Gasteiger partial charge in [-0.2, -0.15) is 26.3 Å². The van der Waals surface area contributed by atoms with Crippen molar-refractivity contribution >= 4 is 18.1 Å². The van der Waals surface area contributed by atoms with Crippen LogP contribution >= 0.6 is 0 Å². The Morgan fingerprint density at radius 3 is 2.17 bits per heavy atom. The van der Waals surface area contributed by atoms with Crippen molar-refractivity contribution in [3.05, 3.63) is 58.7 Å². The molecule has 4 nitrogen and oxygen atoms in total. The van der Waals surface area contributed by atoms with Crippen molar-refractivity contribution in [2.45, 2.75) is 12.4 Å². The van der Waals surface area contributed by atoms with E-state index in [4.69, 9.17) is 0 Å². The topological polar surface area (TPSA) is 55.8 Å². The molecule has 29 heavy (non-hydrogen) atoms. The molecule has 0 spiro atoms. The molecule has 1 N–H and O–H groups in total. The highest BCUT2D eigenvalue weighted by Crippen LogP contribution is 2.32. The molecule has 2 rings (SSSR count). The Balaban J connectivity index is 2.38. The SMILES string of the molecule is COC(=O)c1c(O)cc(OCC(F)(F)F)cc1/C=C/c1ccc(C(F)(F)F)cc1. The van der Waals surface area contributed by atoms with Crippen molar-refractivity contribution in [1.82, 2.24) is 0 Å². The Morgan fingerprint density at radius 2 is 1.66 bits per heavy atom. The van der Waals surface area contributed by atoms with Gasteiger partial charge in [-0.15, -0.1) is 0 Å². The van der Waals surface area contributed by atoms with Gasteiger partial charge >= 0.3 is 18.3 Å². The number of phenols is 1. The minimum atomic E-state index is -4.62. The van der Waals surface area contributed by atoms with Crippen molar-refractivity contribution in [2.75, 3.05) is 13.7 Å². The Hall–Kier alpha value is -3.17. The van der Waals surface area contributed by atoms with Gasteiger partial charge in [0.2, 0.25) is 0 Å². The van der Waals surface area contributed by atoms with E-state index in [0.717, 1.165) is 31.4 Å². The smallest absolute Gasteiger partial charge is 0.422 e. The van der Waals surface area contributed by atoms with Crippen molar-refractivity contribution in [3.63, 3.8) is 0 Å².